The lowest BCUT2D eigenvalue weighted by atomic mass is 10.1. The molecule has 0 radical (unpaired) electrons. The number of nitrogens with zero attached hydrogens (tertiary/aromatic N) is 2. The molecule has 0 aliphatic rings. The van der Waals surface area contributed by atoms with Crippen LogP contribution in [0.25, 0.3) is 5.57 Å². The Labute approximate surface area is 104 Å². The summed E-state index contributed by atoms with van der Waals surface area (Å²) >= 11 is 0. The SMILES string of the molecule is CN(C)/C=C/C=C(/C=[N+](C)C)c1ccccc1. The Balaban J connectivity index is 3.01. The van der Waals surface area contributed by atoms with Gasteiger partial charge in [0.25, 0.3) is 0 Å². The first-order valence-corrected chi connectivity index (χ1v) is 5.71. The predicted molar refractivity (Wildman–Crippen MR) is 75.4 cm³/mol. The lowest BCUT2D eigenvalue weighted by molar-refractivity contribution is -0.458. The molecule has 0 bridgehead atoms. The van der Waals surface area contributed by atoms with Gasteiger partial charge in [-0.1, -0.05) is 30.3 Å². The second-order valence-electron chi connectivity index (χ2n) is 4.39. The fourth-order valence-corrected chi connectivity index (χ4v) is 1.44. The van der Waals surface area contributed by atoms with Crippen LogP contribution in [0.2, 0.25) is 0 Å². The summed E-state index contributed by atoms with van der Waals surface area (Å²) in [5, 5.41) is 0. The van der Waals surface area contributed by atoms with Crippen LogP contribution < -0.4 is 0 Å². The lowest BCUT2D eigenvalue weighted by Crippen LogP contribution is -2.01. The first-order chi connectivity index (χ1) is 8.09. The van der Waals surface area contributed by atoms with Gasteiger partial charge < -0.3 is 4.90 Å². The van der Waals surface area contributed by atoms with E-state index in [1.54, 1.807) is 0 Å². The smallest absolute Gasteiger partial charge is 0.170 e. The molecule has 0 atom stereocenters. The van der Waals surface area contributed by atoms with Crippen LogP contribution in [0.1, 0.15) is 5.56 Å². The zero-order valence-corrected chi connectivity index (χ0v) is 11.1. The Bertz CT molecular complexity index is 421. The van der Waals surface area contributed by atoms with Crippen molar-refractivity contribution >= 4 is 11.8 Å². The molecule has 0 saturated heterocycles. The summed E-state index contributed by atoms with van der Waals surface area (Å²) in [4.78, 5) is 2.02. The molecule has 0 amide bonds. The van der Waals surface area contributed by atoms with Crippen LogP contribution in [-0.4, -0.2) is 43.9 Å². The van der Waals surface area contributed by atoms with E-state index in [4.69, 9.17) is 0 Å². The van der Waals surface area contributed by atoms with Crippen molar-refractivity contribution in [2.45, 2.75) is 0 Å². The van der Waals surface area contributed by atoms with E-state index in [0.29, 0.717) is 0 Å². The molecule has 1 aromatic carbocycles. The summed E-state index contributed by atoms with van der Waals surface area (Å²) in [5.74, 6) is 0. The van der Waals surface area contributed by atoms with Crippen molar-refractivity contribution in [1.82, 2.24) is 4.90 Å². The zero-order chi connectivity index (χ0) is 12.7. The van der Waals surface area contributed by atoms with Crippen molar-refractivity contribution in [3.05, 3.63) is 54.2 Å². The summed E-state index contributed by atoms with van der Waals surface area (Å²) in [7, 11) is 8.10. The summed E-state index contributed by atoms with van der Waals surface area (Å²) in [6, 6.07) is 10.4. The third kappa shape index (κ3) is 5.16. The van der Waals surface area contributed by atoms with Crippen molar-refractivity contribution in [2.75, 3.05) is 28.2 Å². The molecule has 90 valence electrons. The van der Waals surface area contributed by atoms with Crippen LogP contribution in [-0.2, 0) is 0 Å². The van der Waals surface area contributed by atoms with Gasteiger partial charge in [0.15, 0.2) is 6.21 Å². The summed E-state index contributed by atoms with van der Waals surface area (Å²) in [5.41, 5.74) is 2.43. The van der Waals surface area contributed by atoms with E-state index in [-0.39, 0.29) is 0 Å². The average Bonchev–Trinajstić information content (AvgIpc) is 2.28. The number of benzene rings is 1. The van der Waals surface area contributed by atoms with E-state index >= 15 is 0 Å². The van der Waals surface area contributed by atoms with Crippen LogP contribution in [0.15, 0.2) is 48.7 Å². The maximum absolute atomic E-state index is 2.12. The molecule has 0 N–H and O–H groups in total. The van der Waals surface area contributed by atoms with E-state index in [9.17, 15) is 0 Å². The maximum atomic E-state index is 2.12. The highest BCUT2D eigenvalue weighted by atomic mass is 15.0. The van der Waals surface area contributed by atoms with Gasteiger partial charge in [0, 0.05) is 19.7 Å². The topological polar surface area (TPSA) is 6.25 Å². The largest absolute Gasteiger partial charge is 0.383 e. The van der Waals surface area contributed by atoms with Gasteiger partial charge in [0.1, 0.15) is 14.1 Å². The standard InChI is InChI=1S/C15H21N2/c1-16(2)12-8-11-15(13-17(3)4)14-9-6-5-7-10-14/h5-13H,1-4H3/q+1. The molecule has 0 saturated carbocycles. The van der Waals surface area contributed by atoms with Crippen LogP contribution in [0, 0.1) is 0 Å². The molecule has 0 aromatic heterocycles. The highest BCUT2D eigenvalue weighted by molar-refractivity contribution is 6.07. The monoisotopic (exact) mass is 229 g/mol. The van der Waals surface area contributed by atoms with E-state index < -0.39 is 0 Å². The molecule has 0 unspecified atom stereocenters. The molecular weight excluding hydrogens is 208 g/mol. The highest BCUT2D eigenvalue weighted by Gasteiger charge is 2.00. The van der Waals surface area contributed by atoms with E-state index in [0.717, 1.165) is 0 Å². The second-order valence-corrected chi connectivity index (χ2v) is 4.39. The minimum Gasteiger partial charge on any atom is -0.383 e. The van der Waals surface area contributed by atoms with E-state index in [1.165, 1.54) is 11.1 Å². The first kappa shape index (κ1) is 13.2. The number of hydrogen-bond acceptors (Lipinski definition) is 1. The Morgan fingerprint density at radius 2 is 1.76 bits per heavy atom. The third-order valence-electron chi connectivity index (χ3n) is 2.16. The second kappa shape index (κ2) is 6.69. The molecule has 17 heavy (non-hydrogen) atoms. The molecule has 0 fully saturated rings. The minimum absolute atomic E-state index is 1.20. The van der Waals surface area contributed by atoms with Crippen molar-refractivity contribution in [1.29, 1.82) is 0 Å². The van der Waals surface area contributed by atoms with Gasteiger partial charge in [-0.25, -0.2) is 4.58 Å². The highest BCUT2D eigenvalue weighted by Crippen LogP contribution is 2.11. The third-order valence-corrected chi connectivity index (χ3v) is 2.16. The van der Waals surface area contributed by atoms with Crippen LogP contribution in [0.5, 0.6) is 0 Å². The first-order valence-electron chi connectivity index (χ1n) is 5.71. The van der Waals surface area contributed by atoms with Crippen LogP contribution >= 0.6 is 0 Å². The van der Waals surface area contributed by atoms with Crippen molar-refractivity contribution in [2.24, 2.45) is 0 Å². The number of allylic oxidation sites excluding steroid dienone is 3. The molecule has 2 nitrogen and oxygen atoms in total. The minimum atomic E-state index is 1.20. The van der Waals surface area contributed by atoms with Gasteiger partial charge in [-0.15, -0.1) is 0 Å². The molecule has 0 heterocycles. The number of rotatable bonds is 4. The van der Waals surface area contributed by atoms with E-state index in [2.05, 4.69) is 47.2 Å². The number of hydrogen-bond donors (Lipinski definition) is 0. The van der Waals surface area contributed by atoms with Gasteiger partial charge in [0.2, 0.25) is 0 Å². The lowest BCUT2D eigenvalue weighted by Gasteiger charge is -2.02. The quantitative estimate of drug-likeness (QED) is 0.437. The normalized spacial score (nSPS) is 11.6. The molecule has 1 rings (SSSR count). The van der Waals surface area contributed by atoms with Gasteiger partial charge in [0.05, 0.1) is 0 Å². The Morgan fingerprint density at radius 1 is 1.12 bits per heavy atom. The molecule has 2 heteroatoms. The molecule has 0 aliphatic carbocycles. The molecule has 0 spiro atoms. The zero-order valence-electron chi connectivity index (χ0n) is 11.1. The molecule has 1 aromatic rings. The van der Waals surface area contributed by atoms with Crippen LogP contribution in [0.4, 0.5) is 0 Å². The van der Waals surface area contributed by atoms with Crippen LogP contribution in [0.3, 0.4) is 0 Å². The fourth-order valence-electron chi connectivity index (χ4n) is 1.44. The van der Waals surface area contributed by atoms with Gasteiger partial charge in [-0.05, 0) is 23.9 Å². The molecular formula is C15H21N2+. The summed E-state index contributed by atoms with van der Waals surface area (Å²) in [6.07, 6.45) is 8.33. The van der Waals surface area contributed by atoms with E-state index in [1.807, 2.05) is 45.4 Å². The van der Waals surface area contributed by atoms with Crippen molar-refractivity contribution in [3.8, 4) is 0 Å². The Kier molecular flexibility index (Phi) is 5.21. The maximum Gasteiger partial charge on any atom is 0.170 e. The fraction of sp³-hybridized carbons (Fsp3) is 0.267. The van der Waals surface area contributed by atoms with Crippen molar-refractivity contribution < 1.29 is 4.58 Å². The predicted octanol–water partition coefficient (Wildman–Crippen LogP) is 2.49. The van der Waals surface area contributed by atoms with Gasteiger partial charge >= 0.3 is 0 Å². The Hall–Kier alpha value is -1.83. The summed E-state index contributed by atoms with van der Waals surface area (Å²) in [6.45, 7) is 0. The average molecular weight is 229 g/mol. The van der Waals surface area contributed by atoms with Gasteiger partial charge in [-0.3, -0.25) is 0 Å². The van der Waals surface area contributed by atoms with Crippen molar-refractivity contribution in [3.63, 3.8) is 0 Å². The molecule has 0 aliphatic heterocycles. The Morgan fingerprint density at radius 3 is 2.29 bits per heavy atom. The summed E-state index contributed by atoms with van der Waals surface area (Å²) < 4.78 is 2.06. The van der Waals surface area contributed by atoms with Gasteiger partial charge in [-0.2, -0.15) is 0 Å².